The average molecular weight is 344 g/mol. The first-order chi connectivity index (χ1) is 10.1. The maximum atomic E-state index is 13.8. The number of hydrogen-bond acceptors (Lipinski definition) is 1. The minimum Gasteiger partial charge on any atom is -0.252 e. The highest BCUT2D eigenvalue weighted by Crippen LogP contribution is 2.30. The van der Waals surface area contributed by atoms with Crippen LogP contribution in [0.15, 0.2) is 46.9 Å². The van der Waals surface area contributed by atoms with E-state index in [0.29, 0.717) is 4.47 Å². The first-order valence-electron chi connectivity index (χ1n) is 6.95. The largest absolute Gasteiger partial charge is 0.252 e. The molecule has 0 bridgehead atoms. The van der Waals surface area contributed by atoms with Crippen molar-refractivity contribution < 1.29 is 4.39 Å². The number of halogens is 2. The number of aryl methyl sites for hydroxylation is 2. The van der Waals surface area contributed by atoms with Gasteiger partial charge in [0.2, 0.25) is 0 Å². The third-order valence-electron chi connectivity index (χ3n) is 3.71. The number of fused-ring (bicyclic) bond motifs is 1. The summed E-state index contributed by atoms with van der Waals surface area (Å²) in [5.74, 6) is -0.244. The Morgan fingerprint density at radius 1 is 1.14 bits per heavy atom. The quantitative estimate of drug-likeness (QED) is 0.583. The predicted molar refractivity (Wildman–Crippen MR) is 89.0 cm³/mol. The molecule has 3 rings (SSSR count). The summed E-state index contributed by atoms with van der Waals surface area (Å²) in [5.41, 5.74) is 4.16. The number of pyridine rings is 1. The number of benzene rings is 2. The zero-order valence-corrected chi connectivity index (χ0v) is 13.5. The third kappa shape index (κ3) is 2.58. The molecule has 21 heavy (non-hydrogen) atoms. The van der Waals surface area contributed by atoms with Gasteiger partial charge in [-0.05, 0) is 58.4 Å². The molecular formula is C18H15BrFN. The van der Waals surface area contributed by atoms with Gasteiger partial charge in [-0.3, -0.25) is 4.98 Å². The summed E-state index contributed by atoms with van der Waals surface area (Å²) in [6, 6.07) is 13.5. The lowest BCUT2D eigenvalue weighted by atomic mass is 10.0. The third-order valence-corrected chi connectivity index (χ3v) is 4.31. The van der Waals surface area contributed by atoms with Gasteiger partial charge in [0.1, 0.15) is 5.82 Å². The Hall–Kier alpha value is -1.74. The van der Waals surface area contributed by atoms with E-state index in [9.17, 15) is 4.39 Å². The number of aromatic nitrogens is 1. The van der Waals surface area contributed by atoms with Gasteiger partial charge in [-0.2, -0.15) is 0 Å². The molecule has 0 spiro atoms. The first-order valence-corrected chi connectivity index (χ1v) is 7.74. The van der Waals surface area contributed by atoms with Gasteiger partial charge in [0, 0.05) is 16.6 Å². The molecule has 0 aliphatic heterocycles. The minimum absolute atomic E-state index is 0.244. The van der Waals surface area contributed by atoms with Crippen LogP contribution in [-0.2, 0) is 6.42 Å². The molecule has 0 amide bonds. The van der Waals surface area contributed by atoms with Gasteiger partial charge in [0.25, 0.3) is 0 Å². The summed E-state index contributed by atoms with van der Waals surface area (Å²) in [4.78, 5) is 4.78. The van der Waals surface area contributed by atoms with Gasteiger partial charge in [-0.15, -0.1) is 0 Å². The van der Waals surface area contributed by atoms with E-state index in [1.165, 1.54) is 5.56 Å². The topological polar surface area (TPSA) is 12.9 Å². The molecule has 0 unspecified atom stereocenters. The van der Waals surface area contributed by atoms with Crippen molar-refractivity contribution >= 4 is 26.7 Å². The molecule has 0 radical (unpaired) electrons. The van der Waals surface area contributed by atoms with E-state index in [2.05, 4.69) is 41.9 Å². The fourth-order valence-corrected chi connectivity index (χ4v) is 2.93. The number of nitrogens with zero attached hydrogens (tertiary/aromatic N) is 1. The van der Waals surface area contributed by atoms with Crippen LogP contribution in [0.5, 0.6) is 0 Å². The lowest BCUT2D eigenvalue weighted by Crippen LogP contribution is -1.95. The average Bonchev–Trinajstić information content (AvgIpc) is 2.48. The normalized spacial score (nSPS) is 11.0. The first kappa shape index (κ1) is 14.2. The highest BCUT2D eigenvalue weighted by Gasteiger charge is 2.11. The fraction of sp³-hybridized carbons (Fsp3) is 0.167. The van der Waals surface area contributed by atoms with Crippen LogP contribution in [-0.4, -0.2) is 4.98 Å². The molecule has 3 aromatic rings. The Balaban J connectivity index is 2.31. The van der Waals surface area contributed by atoms with Gasteiger partial charge in [-0.25, -0.2) is 4.39 Å². The van der Waals surface area contributed by atoms with Crippen molar-refractivity contribution in [3.63, 3.8) is 0 Å². The molecule has 3 heteroatoms. The Morgan fingerprint density at radius 2 is 1.90 bits per heavy atom. The lowest BCUT2D eigenvalue weighted by Gasteiger charge is -2.11. The summed E-state index contributed by atoms with van der Waals surface area (Å²) in [7, 11) is 0. The molecule has 0 saturated carbocycles. The van der Waals surface area contributed by atoms with Crippen molar-refractivity contribution in [1.82, 2.24) is 4.98 Å². The van der Waals surface area contributed by atoms with E-state index in [-0.39, 0.29) is 5.82 Å². The summed E-state index contributed by atoms with van der Waals surface area (Å²) in [5, 5.41) is 1.89. The lowest BCUT2D eigenvalue weighted by molar-refractivity contribution is 0.623. The van der Waals surface area contributed by atoms with Crippen LogP contribution in [0.4, 0.5) is 4.39 Å². The van der Waals surface area contributed by atoms with Crippen molar-refractivity contribution in [3.8, 4) is 11.3 Å². The van der Waals surface area contributed by atoms with Gasteiger partial charge in [0.05, 0.1) is 10.2 Å². The summed E-state index contributed by atoms with van der Waals surface area (Å²) < 4.78 is 14.3. The Kier molecular flexibility index (Phi) is 3.77. The van der Waals surface area contributed by atoms with Crippen LogP contribution in [0.1, 0.15) is 18.2 Å². The summed E-state index contributed by atoms with van der Waals surface area (Å²) in [6.07, 6.45) is 0.814. The molecule has 0 saturated heterocycles. The SMILES string of the molecule is CCc1nc(-c2ccccc2C)cc2cc(F)c(Br)cc12. The molecule has 1 heterocycles. The zero-order valence-electron chi connectivity index (χ0n) is 12.0. The van der Waals surface area contributed by atoms with E-state index in [1.54, 1.807) is 6.07 Å². The fourth-order valence-electron chi connectivity index (χ4n) is 2.58. The number of rotatable bonds is 2. The van der Waals surface area contributed by atoms with Gasteiger partial charge < -0.3 is 0 Å². The Bertz CT molecular complexity index is 827. The monoisotopic (exact) mass is 343 g/mol. The van der Waals surface area contributed by atoms with Crippen LogP contribution < -0.4 is 0 Å². The second-order valence-electron chi connectivity index (χ2n) is 5.11. The van der Waals surface area contributed by atoms with E-state index >= 15 is 0 Å². The van der Waals surface area contributed by atoms with E-state index in [4.69, 9.17) is 4.98 Å². The van der Waals surface area contributed by atoms with E-state index in [1.807, 2.05) is 24.3 Å². The Morgan fingerprint density at radius 3 is 2.62 bits per heavy atom. The molecule has 2 aromatic carbocycles. The molecule has 0 N–H and O–H groups in total. The summed E-state index contributed by atoms with van der Waals surface area (Å²) >= 11 is 3.25. The van der Waals surface area contributed by atoms with Gasteiger partial charge in [0.15, 0.2) is 0 Å². The molecule has 0 aliphatic carbocycles. The molecule has 1 aromatic heterocycles. The maximum absolute atomic E-state index is 13.8. The van der Waals surface area contributed by atoms with Crippen molar-refractivity contribution in [2.75, 3.05) is 0 Å². The van der Waals surface area contributed by atoms with Crippen LogP contribution in [0.2, 0.25) is 0 Å². The predicted octanol–water partition coefficient (Wildman–Crippen LogP) is 5.67. The summed E-state index contributed by atoms with van der Waals surface area (Å²) in [6.45, 7) is 4.13. The van der Waals surface area contributed by atoms with Crippen molar-refractivity contribution in [2.45, 2.75) is 20.3 Å². The molecular weight excluding hydrogens is 329 g/mol. The van der Waals surface area contributed by atoms with Gasteiger partial charge >= 0.3 is 0 Å². The zero-order chi connectivity index (χ0) is 15.0. The Labute approximate surface area is 132 Å². The van der Waals surface area contributed by atoms with Crippen molar-refractivity contribution in [1.29, 1.82) is 0 Å². The molecule has 1 nitrogen and oxygen atoms in total. The van der Waals surface area contributed by atoms with E-state index in [0.717, 1.165) is 34.1 Å². The highest BCUT2D eigenvalue weighted by atomic mass is 79.9. The second-order valence-corrected chi connectivity index (χ2v) is 5.96. The molecule has 0 atom stereocenters. The van der Waals surface area contributed by atoms with Crippen LogP contribution in [0, 0.1) is 12.7 Å². The second kappa shape index (κ2) is 5.57. The maximum Gasteiger partial charge on any atom is 0.138 e. The highest BCUT2D eigenvalue weighted by molar-refractivity contribution is 9.10. The minimum atomic E-state index is -0.244. The van der Waals surface area contributed by atoms with Crippen LogP contribution in [0.3, 0.4) is 0 Å². The molecule has 0 aliphatic rings. The molecule has 106 valence electrons. The van der Waals surface area contributed by atoms with Crippen LogP contribution in [0.25, 0.3) is 22.0 Å². The van der Waals surface area contributed by atoms with Crippen molar-refractivity contribution in [3.05, 3.63) is 64.0 Å². The van der Waals surface area contributed by atoms with E-state index < -0.39 is 0 Å². The number of hydrogen-bond donors (Lipinski definition) is 0. The van der Waals surface area contributed by atoms with Crippen molar-refractivity contribution in [2.24, 2.45) is 0 Å². The molecule has 0 fully saturated rings. The van der Waals surface area contributed by atoms with Gasteiger partial charge in [-0.1, -0.05) is 31.2 Å². The standard InChI is InChI=1S/C18H15BrFN/c1-3-17-14-10-15(19)16(20)8-12(14)9-18(21-17)13-7-5-4-6-11(13)2/h4-10H,3H2,1-2H3. The smallest absolute Gasteiger partial charge is 0.138 e. The van der Waals surface area contributed by atoms with Crippen LogP contribution >= 0.6 is 15.9 Å².